The third kappa shape index (κ3) is 2.80. The Kier molecular flexibility index (Phi) is 3.52. The van der Waals surface area contributed by atoms with Crippen LogP contribution < -0.4 is 0 Å². The van der Waals surface area contributed by atoms with Gasteiger partial charge in [-0.25, -0.2) is 0 Å². The number of halogens is 2. The van der Waals surface area contributed by atoms with Crippen LogP contribution in [0.25, 0.3) is 0 Å². The first-order chi connectivity index (χ1) is 3.68. The van der Waals surface area contributed by atoms with E-state index in [2.05, 4.69) is 0 Å². The monoisotopic (exact) mass is 140 g/mol. The molecular weight excluding hydrogens is 134 g/mol. The van der Waals surface area contributed by atoms with Crippen molar-refractivity contribution in [2.45, 2.75) is 11.8 Å². The molecule has 1 atom stereocenters. The fraction of sp³-hybridized carbons (Fsp3) is 0.750. The minimum atomic E-state index is -1.16. The fourth-order valence-electron chi connectivity index (χ4n) is 0.219. The Labute approximate surface area is 51.3 Å². The lowest BCUT2D eigenvalue weighted by Crippen LogP contribution is -2.13. The van der Waals surface area contributed by atoms with E-state index in [0.717, 1.165) is 0 Å². The molecule has 0 radical (unpaired) electrons. The molecule has 0 aromatic heterocycles. The summed E-state index contributed by atoms with van der Waals surface area (Å²) in [5.74, 6) is -1.16. The molecule has 2 nitrogen and oxygen atoms in total. The van der Waals surface area contributed by atoms with E-state index in [1.807, 2.05) is 0 Å². The predicted octanol–water partition coefficient (Wildman–Crippen LogP) is 1.04. The molecule has 0 saturated carbocycles. The Bertz CT molecular complexity index is 86.1. The van der Waals surface area contributed by atoms with E-state index in [1.165, 1.54) is 0 Å². The molecule has 0 bridgehead atoms. The lowest BCUT2D eigenvalue weighted by atomic mass is 10.3. The van der Waals surface area contributed by atoms with Gasteiger partial charge in [-0.15, -0.1) is 11.6 Å². The van der Waals surface area contributed by atoms with Gasteiger partial charge in [0.25, 0.3) is 0 Å². The van der Waals surface area contributed by atoms with Crippen LogP contribution in [0.4, 0.5) is 4.39 Å². The number of alkyl halides is 2. The summed E-state index contributed by atoms with van der Waals surface area (Å²) in [5, 5.41) is 6.95. The zero-order valence-electron chi connectivity index (χ0n) is 4.10. The first kappa shape index (κ1) is 7.69. The van der Waals surface area contributed by atoms with Gasteiger partial charge in [0.2, 0.25) is 0 Å². The van der Waals surface area contributed by atoms with E-state index >= 15 is 0 Å². The van der Waals surface area contributed by atoms with Gasteiger partial charge in [-0.3, -0.25) is 9.18 Å². The maximum atomic E-state index is 11.3. The quantitative estimate of drug-likeness (QED) is 0.595. The molecule has 48 valence electrons. The van der Waals surface area contributed by atoms with Crippen LogP contribution in [0.2, 0.25) is 0 Å². The van der Waals surface area contributed by atoms with Crippen molar-refractivity contribution in [1.29, 1.82) is 0 Å². The van der Waals surface area contributed by atoms with Gasteiger partial charge >= 0.3 is 5.97 Å². The molecule has 0 aromatic rings. The van der Waals surface area contributed by atoms with Crippen molar-refractivity contribution < 1.29 is 14.3 Å². The van der Waals surface area contributed by atoms with Gasteiger partial charge in [-0.05, 0) is 0 Å². The standard InChI is InChI=1S/C4H6ClFO2/c5-3(1-2-6)4(7)8/h3H,1-2H2,(H,7,8). The number of carboxylic acid groups (broad SMARTS) is 1. The molecule has 0 aliphatic carbocycles. The summed E-state index contributed by atoms with van der Waals surface area (Å²) in [6.07, 6.45) is -0.114. The van der Waals surface area contributed by atoms with Crippen molar-refractivity contribution in [1.82, 2.24) is 0 Å². The molecule has 0 aliphatic heterocycles. The molecule has 0 aliphatic rings. The van der Waals surface area contributed by atoms with Crippen molar-refractivity contribution in [3.63, 3.8) is 0 Å². The zero-order chi connectivity index (χ0) is 6.57. The molecule has 0 aromatic carbocycles. The Balaban J connectivity index is 3.32. The first-order valence-electron chi connectivity index (χ1n) is 2.11. The summed E-state index contributed by atoms with van der Waals surface area (Å²) in [7, 11) is 0. The lowest BCUT2D eigenvalue weighted by Gasteiger charge is -1.96. The fourth-order valence-corrected chi connectivity index (χ4v) is 0.302. The molecule has 0 fully saturated rings. The van der Waals surface area contributed by atoms with Crippen LogP contribution in [0.5, 0.6) is 0 Å². The molecule has 1 unspecified atom stereocenters. The van der Waals surface area contributed by atoms with Gasteiger partial charge in [0.05, 0.1) is 6.67 Å². The minimum absolute atomic E-state index is 0.114. The maximum Gasteiger partial charge on any atom is 0.321 e. The molecule has 8 heavy (non-hydrogen) atoms. The van der Waals surface area contributed by atoms with Gasteiger partial charge in [-0.2, -0.15) is 0 Å². The summed E-state index contributed by atoms with van der Waals surface area (Å²) in [6.45, 7) is -0.680. The smallest absolute Gasteiger partial charge is 0.321 e. The van der Waals surface area contributed by atoms with Crippen LogP contribution >= 0.6 is 11.6 Å². The zero-order valence-corrected chi connectivity index (χ0v) is 4.86. The second-order valence-corrected chi connectivity index (χ2v) is 1.81. The Morgan fingerprint density at radius 2 is 2.38 bits per heavy atom. The number of hydrogen-bond acceptors (Lipinski definition) is 1. The topological polar surface area (TPSA) is 37.3 Å². The maximum absolute atomic E-state index is 11.3. The molecular formula is C4H6ClFO2. The number of carboxylic acids is 1. The minimum Gasteiger partial charge on any atom is -0.480 e. The van der Waals surface area contributed by atoms with Crippen molar-refractivity contribution in [2.24, 2.45) is 0 Å². The molecule has 0 rings (SSSR count). The number of hydrogen-bond donors (Lipinski definition) is 1. The molecule has 1 N–H and O–H groups in total. The summed E-state index contributed by atoms with van der Waals surface area (Å²) in [4.78, 5) is 9.79. The van der Waals surface area contributed by atoms with Crippen LogP contribution in [0, 0.1) is 0 Å². The van der Waals surface area contributed by atoms with Gasteiger partial charge in [0.15, 0.2) is 0 Å². The molecule has 0 amide bonds. The van der Waals surface area contributed by atoms with E-state index in [-0.39, 0.29) is 6.42 Å². The van der Waals surface area contributed by atoms with Crippen LogP contribution in [0.1, 0.15) is 6.42 Å². The highest BCUT2D eigenvalue weighted by atomic mass is 35.5. The second kappa shape index (κ2) is 3.66. The second-order valence-electron chi connectivity index (χ2n) is 1.28. The highest BCUT2D eigenvalue weighted by Gasteiger charge is 2.11. The molecule has 0 heterocycles. The SMILES string of the molecule is O=C(O)C(Cl)CCF. The van der Waals surface area contributed by atoms with E-state index < -0.39 is 18.0 Å². The van der Waals surface area contributed by atoms with Crippen LogP contribution in [0.3, 0.4) is 0 Å². The summed E-state index contributed by atoms with van der Waals surface area (Å²) >= 11 is 5.08. The number of aliphatic carboxylic acids is 1. The van der Waals surface area contributed by atoms with E-state index in [1.54, 1.807) is 0 Å². The Morgan fingerprint density at radius 3 is 2.50 bits per heavy atom. The third-order valence-electron chi connectivity index (χ3n) is 0.631. The van der Waals surface area contributed by atoms with Crippen LogP contribution in [0.15, 0.2) is 0 Å². The highest BCUT2D eigenvalue weighted by Crippen LogP contribution is 2.00. The largest absolute Gasteiger partial charge is 0.480 e. The number of rotatable bonds is 3. The van der Waals surface area contributed by atoms with E-state index in [4.69, 9.17) is 16.7 Å². The van der Waals surface area contributed by atoms with Gasteiger partial charge in [0.1, 0.15) is 5.38 Å². The highest BCUT2D eigenvalue weighted by molar-refractivity contribution is 6.29. The third-order valence-corrected chi connectivity index (χ3v) is 1.04. The lowest BCUT2D eigenvalue weighted by molar-refractivity contribution is -0.136. The number of carbonyl (C=O) groups is 1. The summed E-state index contributed by atoms with van der Waals surface area (Å²) < 4.78 is 11.3. The molecule has 0 spiro atoms. The summed E-state index contributed by atoms with van der Waals surface area (Å²) in [5.41, 5.74) is 0. The van der Waals surface area contributed by atoms with Gasteiger partial charge in [-0.1, -0.05) is 0 Å². The predicted molar refractivity (Wildman–Crippen MR) is 27.9 cm³/mol. The van der Waals surface area contributed by atoms with E-state index in [0.29, 0.717) is 0 Å². The molecule has 4 heteroatoms. The van der Waals surface area contributed by atoms with Crippen molar-refractivity contribution in [3.8, 4) is 0 Å². The molecule has 0 saturated heterocycles. The van der Waals surface area contributed by atoms with Gasteiger partial charge in [0, 0.05) is 6.42 Å². The first-order valence-corrected chi connectivity index (χ1v) is 2.55. The van der Waals surface area contributed by atoms with Crippen molar-refractivity contribution in [3.05, 3.63) is 0 Å². The van der Waals surface area contributed by atoms with Crippen molar-refractivity contribution >= 4 is 17.6 Å². The van der Waals surface area contributed by atoms with Crippen LogP contribution in [-0.4, -0.2) is 23.1 Å². The normalized spacial score (nSPS) is 13.2. The van der Waals surface area contributed by atoms with Crippen molar-refractivity contribution in [2.75, 3.05) is 6.67 Å². The van der Waals surface area contributed by atoms with Gasteiger partial charge < -0.3 is 5.11 Å². The van der Waals surface area contributed by atoms with E-state index in [9.17, 15) is 9.18 Å². The average molecular weight is 141 g/mol. The Morgan fingerprint density at radius 1 is 1.88 bits per heavy atom. The Hall–Kier alpha value is -0.310. The summed E-state index contributed by atoms with van der Waals surface area (Å²) in [6, 6.07) is 0. The van der Waals surface area contributed by atoms with Crippen LogP contribution in [-0.2, 0) is 4.79 Å². The average Bonchev–Trinajstić information content (AvgIpc) is 1.67.